The standard InChI is InChI=1S/C20H31N5O/c1-24-10-12-25(13-11-24)18-16(6-5-9-21-18)15-22-19(26)23-17-14-20(17)7-3-2-4-8-20/h5-6,9,17H,2-4,7-8,10-15H2,1H3,(H2,22,23,26). The van der Waals surface area contributed by atoms with Crippen molar-refractivity contribution in [3.05, 3.63) is 23.9 Å². The van der Waals surface area contributed by atoms with Crippen LogP contribution >= 0.6 is 0 Å². The van der Waals surface area contributed by atoms with Gasteiger partial charge in [-0.05, 0) is 37.8 Å². The summed E-state index contributed by atoms with van der Waals surface area (Å²) in [4.78, 5) is 21.6. The van der Waals surface area contributed by atoms with Crippen LogP contribution in [0.4, 0.5) is 10.6 Å². The first-order chi connectivity index (χ1) is 12.7. The summed E-state index contributed by atoms with van der Waals surface area (Å²) >= 11 is 0. The Hall–Kier alpha value is -1.82. The molecule has 1 saturated heterocycles. The molecule has 2 amide bonds. The van der Waals surface area contributed by atoms with Gasteiger partial charge in [-0.15, -0.1) is 0 Å². The maximum Gasteiger partial charge on any atom is 0.315 e. The number of nitrogens with one attached hydrogen (secondary N) is 2. The lowest BCUT2D eigenvalue weighted by molar-refractivity contribution is 0.235. The highest BCUT2D eigenvalue weighted by Gasteiger charge is 2.54. The van der Waals surface area contributed by atoms with E-state index in [1.54, 1.807) is 0 Å². The van der Waals surface area contributed by atoms with Gasteiger partial charge >= 0.3 is 6.03 Å². The average molecular weight is 358 g/mol. The van der Waals surface area contributed by atoms with Crippen molar-refractivity contribution in [1.82, 2.24) is 20.5 Å². The molecule has 3 fully saturated rings. The number of aromatic nitrogens is 1. The molecule has 0 bridgehead atoms. The highest BCUT2D eigenvalue weighted by molar-refractivity contribution is 5.75. The van der Waals surface area contributed by atoms with Gasteiger partial charge in [0, 0.05) is 50.5 Å². The Morgan fingerprint density at radius 2 is 2.00 bits per heavy atom. The van der Waals surface area contributed by atoms with Crippen LogP contribution in [0.3, 0.4) is 0 Å². The third-order valence-corrected chi connectivity index (χ3v) is 6.45. The molecule has 2 saturated carbocycles. The number of pyridine rings is 1. The molecule has 0 radical (unpaired) electrons. The summed E-state index contributed by atoms with van der Waals surface area (Å²) in [5, 5.41) is 6.25. The minimum Gasteiger partial charge on any atom is -0.354 e. The lowest BCUT2D eigenvalue weighted by Crippen LogP contribution is -2.45. The van der Waals surface area contributed by atoms with E-state index in [-0.39, 0.29) is 6.03 Å². The Morgan fingerprint density at radius 3 is 2.77 bits per heavy atom. The summed E-state index contributed by atoms with van der Waals surface area (Å²) in [6.45, 7) is 4.59. The van der Waals surface area contributed by atoms with Crippen molar-refractivity contribution < 1.29 is 4.79 Å². The Morgan fingerprint density at radius 1 is 1.23 bits per heavy atom. The Kier molecular flexibility index (Phi) is 5.02. The topological polar surface area (TPSA) is 60.5 Å². The second kappa shape index (κ2) is 7.43. The molecular weight excluding hydrogens is 326 g/mol. The highest BCUT2D eigenvalue weighted by Crippen LogP contribution is 2.56. The van der Waals surface area contributed by atoms with Gasteiger partial charge in [0.25, 0.3) is 0 Å². The van der Waals surface area contributed by atoms with Crippen LogP contribution in [0.15, 0.2) is 18.3 Å². The summed E-state index contributed by atoms with van der Waals surface area (Å²) in [5.74, 6) is 1.01. The molecule has 1 aromatic heterocycles. The fraction of sp³-hybridized carbons (Fsp3) is 0.700. The second-order valence-electron chi connectivity index (χ2n) is 8.28. The zero-order valence-electron chi connectivity index (χ0n) is 15.8. The molecule has 142 valence electrons. The Labute approximate surface area is 156 Å². The van der Waals surface area contributed by atoms with Gasteiger partial charge in [0.15, 0.2) is 0 Å². The molecule has 1 aromatic rings. The predicted octanol–water partition coefficient (Wildman–Crippen LogP) is 2.36. The highest BCUT2D eigenvalue weighted by atomic mass is 16.2. The number of carbonyl (C=O) groups is 1. The van der Waals surface area contributed by atoms with Crippen molar-refractivity contribution in [3.63, 3.8) is 0 Å². The summed E-state index contributed by atoms with van der Waals surface area (Å²) < 4.78 is 0. The summed E-state index contributed by atoms with van der Waals surface area (Å²) in [5.41, 5.74) is 1.52. The third-order valence-electron chi connectivity index (χ3n) is 6.45. The molecule has 0 aromatic carbocycles. The zero-order valence-corrected chi connectivity index (χ0v) is 15.8. The number of nitrogens with zero attached hydrogens (tertiary/aromatic N) is 3. The van der Waals surface area contributed by atoms with Gasteiger partial charge in [0.05, 0.1) is 0 Å². The number of carbonyl (C=O) groups excluding carboxylic acids is 1. The molecule has 26 heavy (non-hydrogen) atoms. The fourth-order valence-electron chi connectivity index (χ4n) is 4.62. The molecule has 1 atom stereocenters. The van der Waals surface area contributed by atoms with E-state index in [0.29, 0.717) is 18.0 Å². The van der Waals surface area contributed by atoms with Gasteiger partial charge in [-0.25, -0.2) is 9.78 Å². The van der Waals surface area contributed by atoms with E-state index in [2.05, 4.69) is 38.5 Å². The normalized spacial score (nSPS) is 25.1. The van der Waals surface area contributed by atoms with Gasteiger partial charge in [0.2, 0.25) is 0 Å². The first-order valence-electron chi connectivity index (χ1n) is 10.1. The molecule has 3 aliphatic rings. The maximum atomic E-state index is 12.4. The second-order valence-corrected chi connectivity index (χ2v) is 8.28. The number of anilines is 1. The first kappa shape index (κ1) is 17.6. The SMILES string of the molecule is CN1CCN(c2ncccc2CNC(=O)NC2CC23CCCCC3)CC1. The molecule has 6 nitrogen and oxygen atoms in total. The fourth-order valence-corrected chi connectivity index (χ4v) is 4.62. The van der Waals surface area contributed by atoms with Crippen molar-refractivity contribution in [1.29, 1.82) is 0 Å². The summed E-state index contributed by atoms with van der Waals surface area (Å²) in [7, 11) is 2.15. The molecular formula is C20H31N5O. The van der Waals surface area contributed by atoms with E-state index in [9.17, 15) is 4.79 Å². The summed E-state index contributed by atoms with van der Waals surface area (Å²) in [6.07, 6.45) is 9.58. The van der Waals surface area contributed by atoms with E-state index in [1.807, 2.05) is 12.3 Å². The monoisotopic (exact) mass is 357 g/mol. The molecule has 1 unspecified atom stereocenters. The van der Waals surface area contributed by atoms with Crippen LogP contribution in [-0.2, 0) is 6.54 Å². The van der Waals surface area contributed by atoms with Crippen molar-refractivity contribution in [2.45, 2.75) is 51.1 Å². The van der Waals surface area contributed by atoms with Crippen LogP contribution in [0.25, 0.3) is 0 Å². The van der Waals surface area contributed by atoms with Crippen molar-refractivity contribution >= 4 is 11.8 Å². The quantitative estimate of drug-likeness (QED) is 0.868. The molecule has 2 N–H and O–H groups in total. The first-order valence-corrected chi connectivity index (χ1v) is 10.1. The number of hydrogen-bond donors (Lipinski definition) is 2. The van der Waals surface area contributed by atoms with Crippen LogP contribution < -0.4 is 15.5 Å². The van der Waals surface area contributed by atoms with Crippen molar-refractivity contribution in [3.8, 4) is 0 Å². The summed E-state index contributed by atoms with van der Waals surface area (Å²) in [6, 6.07) is 4.37. The lowest BCUT2D eigenvalue weighted by atomic mass is 9.86. The van der Waals surface area contributed by atoms with E-state index >= 15 is 0 Å². The van der Waals surface area contributed by atoms with Crippen LogP contribution in [-0.4, -0.2) is 55.2 Å². The minimum atomic E-state index is -0.0365. The molecule has 4 rings (SSSR count). The van der Waals surface area contributed by atoms with Gasteiger partial charge in [-0.1, -0.05) is 25.3 Å². The minimum absolute atomic E-state index is 0.0365. The van der Waals surface area contributed by atoms with Crippen LogP contribution in [0.5, 0.6) is 0 Å². The number of piperazine rings is 1. The number of urea groups is 1. The number of likely N-dealkylation sites (N-methyl/N-ethyl adjacent to an activating group) is 1. The smallest absolute Gasteiger partial charge is 0.315 e. The van der Waals surface area contributed by atoms with E-state index < -0.39 is 0 Å². The van der Waals surface area contributed by atoms with Gasteiger partial charge in [0.1, 0.15) is 5.82 Å². The third kappa shape index (κ3) is 3.80. The van der Waals surface area contributed by atoms with Crippen molar-refractivity contribution in [2.24, 2.45) is 5.41 Å². The maximum absolute atomic E-state index is 12.4. The van der Waals surface area contributed by atoms with E-state index in [0.717, 1.165) is 37.6 Å². The molecule has 1 spiro atoms. The molecule has 1 aliphatic heterocycles. The lowest BCUT2D eigenvalue weighted by Gasteiger charge is -2.34. The van der Waals surface area contributed by atoms with Gasteiger partial charge in [-0.3, -0.25) is 0 Å². The van der Waals surface area contributed by atoms with Gasteiger partial charge in [-0.2, -0.15) is 0 Å². The Bertz CT molecular complexity index is 635. The predicted molar refractivity (Wildman–Crippen MR) is 103 cm³/mol. The Balaban J connectivity index is 1.30. The molecule has 2 heterocycles. The van der Waals surface area contributed by atoms with Gasteiger partial charge < -0.3 is 20.4 Å². The number of rotatable bonds is 4. The van der Waals surface area contributed by atoms with Crippen LogP contribution in [0, 0.1) is 5.41 Å². The molecule has 2 aliphatic carbocycles. The van der Waals surface area contributed by atoms with E-state index in [1.165, 1.54) is 38.5 Å². The van der Waals surface area contributed by atoms with Crippen LogP contribution in [0.2, 0.25) is 0 Å². The van der Waals surface area contributed by atoms with Crippen molar-refractivity contribution in [2.75, 3.05) is 38.1 Å². The zero-order chi connectivity index (χ0) is 18.0. The number of hydrogen-bond acceptors (Lipinski definition) is 4. The number of amides is 2. The largest absolute Gasteiger partial charge is 0.354 e. The van der Waals surface area contributed by atoms with Crippen LogP contribution in [0.1, 0.15) is 44.1 Å². The average Bonchev–Trinajstić information content (AvgIpc) is 3.32. The molecule has 6 heteroatoms. The van der Waals surface area contributed by atoms with E-state index in [4.69, 9.17) is 0 Å².